The van der Waals surface area contributed by atoms with Gasteiger partial charge in [-0.15, -0.1) is 0 Å². The molecule has 3 aromatic rings. The third-order valence-electron chi connectivity index (χ3n) is 10.2. The normalized spacial score (nSPS) is 29.5. The van der Waals surface area contributed by atoms with Crippen molar-refractivity contribution in [1.82, 2.24) is 4.90 Å². The maximum absolute atomic E-state index is 15.1. The Morgan fingerprint density at radius 1 is 0.909 bits per heavy atom. The molecule has 1 N–H and O–H groups in total. The summed E-state index contributed by atoms with van der Waals surface area (Å²) in [6, 6.07) is 22.3. The van der Waals surface area contributed by atoms with Gasteiger partial charge in [-0.1, -0.05) is 85.3 Å². The molecule has 6 unspecified atom stereocenters. The van der Waals surface area contributed by atoms with Gasteiger partial charge in [-0.05, 0) is 60.1 Å². The number of likely N-dealkylation sites (tertiary alicyclic amines) is 1. The molecule has 1 heterocycles. The molecule has 1 aliphatic heterocycles. The molecule has 0 spiro atoms. The summed E-state index contributed by atoms with van der Waals surface area (Å²) in [5.41, 5.74) is 1.35. The molecule has 3 aliphatic carbocycles. The molecule has 6 atom stereocenters. The van der Waals surface area contributed by atoms with E-state index >= 15 is 4.39 Å². The Kier molecular flexibility index (Phi) is 6.72. The maximum atomic E-state index is 15.1. The second-order valence-electron chi connectivity index (χ2n) is 12.3. The van der Waals surface area contributed by atoms with Gasteiger partial charge in [0.05, 0.1) is 17.3 Å². The molecule has 222 valence electrons. The van der Waals surface area contributed by atoms with Gasteiger partial charge in [-0.25, -0.2) is 4.39 Å². The van der Waals surface area contributed by atoms with Crippen LogP contribution in [0.15, 0.2) is 96.6 Å². The number of allylic oxidation sites excluding steroid dienone is 4. The highest BCUT2D eigenvalue weighted by Crippen LogP contribution is 2.63. The summed E-state index contributed by atoms with van der Waals surface area (Å²) >= 11 is 0. The third-order valence-corrected chi connectivity index (χ3v) is 10.2. The number of aromatic hydroxyl groups is 1. The molecule has 4 aliphatic rings. The lowest BCUT2D eigenvalue weighted by Crippen LogP contribution is -2.58. The molecular formula is C37H32FNO5. The van der Waals surface area contributed by atoms with Crippen molar-refractivity contribution in [3.63, 3.8) is 0 Å². The number of hydrogen-bond acceptors (Lipinski definition) is 5. The fourth-order valence-corrected chi connectivity index (χ4v) is 8.46. The highest BCUT2D eigenvalue weighted by molar-refractivity contribution is 6.31. The smallest absolute Gasteiger partial charge is 0.233 e. The zero-order chi connectivity index (χ0) is 30.7. The van der Waals surface area contributed by atoms with Crippen molar-refractivity contribution < 1.29 is 28.7 Å². The number of hydrogen-bond donors (Lipinski definition) is 1. The van der Waals surface area contributed by atoms with E-state index in [9.17, 15) is 24.3 Å². The molecule has 0 radical (unpaired) electrons. The summed E-state index contributed by atoms with van der Waals surface area (Å²) in [4.78, 5) is 58.3. The molecular weight excluding hydrogens is 557 g/mol. The number of Topliss-reactive ketones (excluding diaryl/α,β-unsaturated/α-hetero) is 1. The highest BCUT2D eigenvalue weighted by atomic mass is 19.1. The minimum absolute atomic E-state index is 0.194. The maximum Gasteiger partial charge on any atom is 0.233 e. The van der Waals surface area contributed by atoms with Gasteiger partial charge in [0.15, 0.2) is 23.1 Å². The first-order chi connectivity index (χ1) is 21.3. The topological polar surface area (TPSA) is 91.8 Å². The Hall–Kier alpha value is -4.65. The van der Waals surface area contributed by atoms with Crippen LogP contribution in [0.4, 0.5) is 4.39 Å². The van der Waals surface area contributed by atoms with Crippen molar-refractivity contribution in [3.8, 4) is 5.75 Å². The first kappa shape index (κ1) is 28.1. The predicted molar refractivity (Wildman–Crippen MR) is 162 cm³/mol. The number of rotatable bonds is 5. The number of nitrogens with zero attached hydrogens (tertiary/aromatic N) is 1. The number of amides is 2. The number of imide groups is 1. The van der Waals surface area contributed by atoms with Crippen LogP contribution in [-0.2, 0) is 24.6 Å². The molecule has 1 saturated heterocycles. The largest absolute Gasteiger partial charge is 0.505 e. The van der Waals surface area contributed by atoms with Crippen LogP contribution >= 0.6 is 0 Å². The first-order valence-electron chi connectivity index (χ1n) is 15.2. The quantitative estimate of drug-likeness (QED) is 0.302. The second kappa shape index (κ2) is 10.5. The van der Waals surface area contributed by atoms with E-state index < -0.39 is 46.6 Å². The number of carbonyl (C=O) groups excluding carboxylic acids is 4. The van der Waals surface area contributed by atoms with E-state index in [0.717, 1.165) is 5.57 Å². The van der Waals surface area contributed by atoms with Crippen LogP contribution in [0, 0.1) is 29.5 Å². The highest BCUT2D eigenvalue weighted by Gasteiger charge is 2.65. The van der Waals surface area contributed by atoms with Gasteiger partial charge in [0.1, 0.15) is 0 Å². The van der Waals surface area contributed by atoms with Gasteiger partial charge in [-0.2, -0.15) is 0 Å². The summed E-state index contributed by atoms with van der Waals surface area (Å²) in [5, 5.41) is 10.1. The Morgan fingerprint density at radius 2 is 1.61 bits per heavy atom. The Labute approximate surface area is 254 Å². The minimum atomic E-state index is -1.43. The van der Waals surface area contributed by atoms with Crippen molar-refractivity contribution in [1.29, 1.82) is 0 Å². The van der Waals surface area contributed by atoms with E-state index in [-0.39, 0.29) is 29.8 Å². The van der Waals surface area contributed by atoms with Crippen LogP contribution in [-0.4, -0.2) is 39.9 Å². The zero-order valence-corrected chi connectivity index (χ0v) is 24.3. The number of benzene rings is 3. The summed E-state index contributed by atoms with van der Waals surface area (Å²) < 4.78 is 15.1. The van der Waals surface area contributed by atoms with E-state index in [1.165, 1.54) is 23.1 Å². The van der Waals surface area contributed by atoms with Crippen LogP contribution in [0.5, 0.6) is 5.75 Å². The van der Waals surface area contributed by atoms with Crippen LogP contribution in [0.1, 0.15) is 48.8 Å². The fourth-order valence-electron chi connectivity index (χ4n) is 8.46. The molecule has 44 heavy (non-hydrogen) atoms. The first-order valence-corrected chi connectivity index (χ1v) is 15.2. The van der Waals surface area contributed by atoms with Crippen LogP contribution in [0.3, 0.4) is 0 Å². The number of phenols is 1. The van der Waals surface area contributed by atoms with E-state index in [4.69, 9.17) is 0 Å². The fraction of sp³-hybridized carbons (Fsp3) is 0.297. The Morgan fingerprint density at radius 3 is 2.30 bits per heavy atom. The SMILES string of the molecule is CCCN1C(=O)C2CC=C3C(CC4C(=O)C(c5ccccc5)=CC(=O)C4(c4ccccc4)C3c3ccc(O)c(F)c3)C2C1=O. The van der Waals surface area contributed by atoms with Gasteiger partial charge < -0.3 is 5.11 Å². The van der Waals surface area contributed by atoms with Gasteiger partial charge in [0.25, 0.3) is 0 Å². The van der Waals surface area contributed by atoms with Crippen molar-refractivity contribution in [3.05, 3.63) is 119 Å². The lowest BCUT2D eigenvalue weighted by atomic mass is 9.44. The number of ketones is 2. The van der Waals surface area contributed by atoms with Crippen molar-refractivity contribution in [2.24, 2.45) is 23.7 Å². The molecule has 6 nitrogen and oxygen atoms in total. The van der Waals surface area contributed by atoms with Gasteiger partial charge in [-0.3, -0.25) is 24.1 Å². The van der Waals surface area contributed by atoms with Crippen LogP contribution in [0.25, 0.3) is 5.57 Å². The monoisotopic (exact) mass is 589 g/mol. The van der Waals surface area contributed by atoms with Crippen molar-refractivity contribution in [2.45, 2.75) is 37.5 Å². The summed E-state index contributed by atoms with van der Waals surface area (Å²) in [5.74, 6) is -5.68. The lowest BCUT2D eigenvalue weighted by Gasteiger charge is -2.55. The zero-order valence-electron chi connectivity index (χ0n) is 24.3. The second-order valence-corrected chi connectivity index (χ2v) is 12.3. The van der Waals surface area contributed by atoms with Crippen LogP contribution < -0.4 is 0 Å². The number of halogens is 1. The molecule has 0 aromatic heterocycles. The number of phenolic OH excluding ortho intramolecular Hbond substituents is 1. The number of carbonyl (C=O) groups is 4. The average molecular weight is 590 g/mol. The summed E-state index contributed by atoms with van der Waals surface area (Å²) in [7, 11) is 0. The Balaban J connectivity index is 1.50. The number of fused-ring (bicyclic) bond motifs is 4. The van der Waals surface area contributed by atoms with Crippen LogP contribution in [0.2, 0.25) is 0 Å². The van der Waals surface area contributed by atoms with E-state index in [2.05, 4.69) is 0 Å². The molecule has 2 fully saturated rings. The van der Waals surface area contributed by atoms with Gasteiger partial charge in [0.2, 0.25) is 11.8 Å². The molecule has 1 saturated carbocycles. The Bertz CT molecular complexity index is 1760. The minimum Gasteiger partial charge on any atom is -0.505 e. The average Bonchev–Trinajstić information content (AvgIpc) is 3.29. The molecule has 0 bridgehead atoms. The molecule has 3 aromatic carbocycles. The summed E-state index contributed by atoms with van der Waals surface area (Å²) in [6.45, 7) is 2.25. The van der Waals surface area contributed by atoms with Crippen molar-refractivity contribution >= 4 is 29.0 Å². The molecule has 7 heteroatoms. The van der Waals surface area contributed by atoms with E-state index in [1.807, 2.05) is 61.5 Å². The van der Waals surface area contributed by atoms with Gasteiger partial charge in [0, 0.05) is 24.0 Å². The van der Waals surface area contributed by atoms with E-state index in [0.29, 0.717) is 41.6 Å². The van der Waals surface area contributed by atoms with E-state index in [1.54, 1.807) is 18.2 Å². The lowest BCUT2D eigenvalue weighted by molar-refractivity contribution is -0.140. The summed E-state index contributed by atoms with van der Waals surface area (Å²) in [6.07, 6.45) is 4.55. The van der Waals surface area contributed by atoms with Crippen molar-refractivity contribution in [2.75, 3.05) is 6.54 Å². The predicted octanol–water partition coefficient (Wildman–Crippen LogP) is 5.77. The molecule has 2 amide bonds. The van der Waals surface area contributed by atoms with Gasteiger partial charge >= 0.3 is 0 Å². The third kappa shape index (κ3) is 3.91. The molecule has 7 rings (SSSR count). The standard InChI is InChI=1S/C37H32FNO5/c1-2-17-39-35(43)25-15-14-24-27(32(25)36(39)44)19-28-34(42)26(21-9-5-3-6-10-21)20-31(41)37(28,23-11-7-4-8-12-23)33(24)22-13-16-30(40)29(38)18-22/h3-14,16,18,20,25,27-28,32-33,40H,2,15,17,19H2,1H3.